The highest BCUT2D eigenvalue weighted by Crippen LogP contribution is 2.27. The maximum absolute atomic E-state index is 5.28. The minimum atomic E-state index is 0.748. The number of aryl methyl sites for hydroxylation is 1. The summed E-state index contributed by atoms with van der Waals surface area (Å²) in [4.78, 5) is 8.33. The monoisotopic (exact) mass is 291 g/mol. The van der Waals surface area contributed by atoms with Gasteiger partial charge in [-0.05, 0) is 37.3 Å². The van der Waals surface area contributed by atoms with Crippen molar-refractivity contribution in [3.63, 3.8) is 0 Å². The molecule has 1 aromatic carbocycles. The van der Waals surface area contributed by atoms with E-state index in [0.717, 1.165) is 39.4 Å². The zero-order valence-electron chi connectivity index (χ0n) is 11.9. The van der Waals surface area contributed by atoms with Crippen molar-refractivity contribution in [2.24, 2.45) is 0 Å². The number of H-pyrrole nitrogens is 1. The summed E-state index contributed by atoms with van der Waals surface area (Å²) in [6.45, 7) is 1.98. The minimum absolute atomic E-state index is 0.748. The third-order valence-electron chi connectivity index (χ3n) is 3.51. The Morgan fingerprint density at radius 1 is 1.14 bits per heavy atom. The molecule has 4 rings (SSSR count). The Balaban J connectivity index is 1.67. The molecule has 6 nitrogen and oxygen atoms in total. The predicted octanol–water partition coefficient (Wildman–Crippen LogP) is 3.66. The van der Waals surface area contributed by atoms with Gasteiger partial charge in [0, 0.05) is 23.1 Å². The number of oxazole rings is 1. The molecular weight excluding hydrogens is 278 g/mol. The van der Waals surface area contributed by atoms with Gasteiger partial charge in [0.15, 0.2) is 12.2 Å². The van der Waals surface area contributed by atoms with E-state index >= 15 is 0 Å². The first-order valence-corrected chi connectivity index (χ1v) is 6.87. The van der Waals surface area contributed by atoms with Crippen molar-refractivity contribution in [3.05, 3.63) is 54.8 Å². The molecular formula is C16H13N5O. The van der Waals surface area contributed by atoms with Gasteiger partial charge in [-0.25, -0.2) is 9.97 Å². The summed E-state index contributed by atoms with van der Waals surface area (Å²) in [5, 5.41) is 11.6. The molecule has 0 spiro atoms. The highest BCUT2D eigenvalue weighted by atomic mass is 16.3. The molecule has 2 N–H and O–H groups in total. The third kappa shape index (κ3) is 2.10. The molecule has 0 radical (unpaired) electrons. The van der Waals surface area contributed by atoms with Crippen molar-refractivity contribution in [1.29, 1.82) is 0 Å². The number of hydrogen-bond donors (Lipinski definition) is 2. The van der Waals surface area contributed by atoms with E-state index in [4.69, 9.17) is 4.42 Å². The summed E-state index contributed by atoms with van der Waals surface area (Å²) >= 11 is 0. The highest BCUT2D eigenvalue weighted by Gasteiger charge is 2.09. The zero-order chi connectivity index (χ0) is 14.9. The van der Waals surface area contributed by atoms with Crippen LogP contribution in [-0.4, -0.2) is 20.2 Å². The van der Waals surface area contributed by atoms with Gasteiger partial charge in [0.05, 0.1) is 17.1 Å². The van der Waals surface area contributed by atoms with Crippen molar-refractivity contribution in [2.75, 3.05) is 5.32 Å². The van der Waals surface area contributed by atoms with Crippen molar-refractivity contribution >= 4 is 22.4 Å². The number of fused-ring (bicyclic) bond motifs is 1. The lowest BCUT2D eigenvalue weighted by atomic mass is 10.1. The molecule has 0 aliphatic rings. The fourth-order valence-corrected chi connectivity index (χ4v) is 2.42. The summed E-state index contributed by atoms with van der Waals surface area (Å²) in [5.41, 5.74) is 3.81. The average molecular weight is 291 g/mol. The molecule has 0 fully saturated rings. The summed E-state index contributed by atoms with van der Waals surface area (Å²) in [5.74, 6) is 1.54. The van der Waals surface area contributed by atoms with Crippen LogP contribution in [0.25, 0.3) is 22.2 Å². The van der Waals surface area contributed by atoms with E-state index < -0.39 is 0 Å². The van der Waals surface area contributed by atoms with Crippen LogP contribution < -0.4 is 5.32 Å². The van der Waals surface area contributed by atoms with Crippen LogP contribution in [0.3, 0.4) is 0 Å². The Labute approximate surface area is 126 Å². The van der Waals surface area contributed by atoms with Crippen LogP contribution >= 0.6 is 0 Å². The first kappa shape index (κ1) is 12.6. The summed E-state index contributed by atoms with van der Waals surface area (Å²) in [6.07, 6.45) is 4.86. The molecule has 0 aliphatic heterocycles. The lowest BCUT2D eigenvalue weighted by molar-refractivity contribution is 0.572. The molecule has 3 aromatic heterocycles. The van der Waals surface area contributed by atoms with Crippen molar-refractivity contribution in [1.82, 2.24) is 20.2 Å². The second kappa shape index (κ2) is 5.00. The molecule has 0 unspecified atom stereocenters. The van der Waals surface area contributed by atoms with Crippen LogP contribution in [0.5, 0.6) is 0 Å². The van der Waals surface area contributed by atoms with E-state index in [1.807, 2.05) is 37.3 Å². The van der Waals surface area contributed by atoms with Gasteiger partial charge in [-0.2, -0.15) is 5.10 Å². The number of aromatic amines is 1. The summed E-state index contributed by atoms with van der Waals surface area (Å²) in [6, 6.07) is 9.80. The molecule has 4 aromatic rings. The van der Waals surface area contributed by atoms with Gasteiger partial charge in [-0.15, -0.1) is 0 Å². The normalized spacial score (nSPS) is 11.0. The van der Waals surface area contributed by atoms with E-state index in [0.29, 0.717) is 0 Å². The van der Waals surface area contributed by atoms with Crippen LogP contribution in [-0.2, 0) is 0 Å². The molecule has 22 heavy (non-hydrogen) atoms. The van der Waals surface area contributed by atoms with E-state index in [2.05, 4.69) is 25.5 Å². The van der Waals surface area contributed by atoms with Gasteiger partial charge < -0.3 is 9.73 Å². The van der Waals surface area contributed by atoms with Gasteiger partial charge in [0.2, 0.25) is 0 Å². The van der Waals surface area contributed by atoms with E-state index in [9.17, 15) is 0 Å². The van der Waals surface area contributed by atoms with Crippen molar-refractivity contribution in [3.8, 4) is 11.3 Å². The Kier molecular flexibility index (Phi) is 2.86. The molecule has 0 atom stereocenters. The molecule has 0 saturated carbocycles. The Morgan fingerprint density at radius 3 is 2.77 bits per heavy atom. The number of aromatic nitrogens is 4. The van der Waals surface area contributed by atoms with Crippen LogP contribution in [0.2, 0.25) is 0 Å². The van der Waals surface area contributed by atoms with Crippen LogP contribution in [0.15, 0.2) is 53.5 Å². The molecule has 0 bridgehead atoms. The molecule has 3 heterocycles. The van der Waals surface area contributed by atoms with Gasteiger partial charge in [0.1, 0.15) is 5.82 Å². The highest BCUT2D eigenvalue weighted by molar-refractivity contribution is 5.92. The second-order valence-corrected chi connectivity index (χ2v) is 4.97. The van der Waals surface area contributed by atoms with Gasteiger partial charge in [-0.3, -0.25) is 5.10 Å². The van der Waals surface area contributed by atoms with Crippen molar-refractivity contribution < 1.29 is 4.42 Å². The largest absolute Gasteiger partial charge is 0.444 e. The minimum Gasteiger partial charge on any atom is -0.444 e. The number of anilines is 2. The molecule has 6 heteroatoms. The smallest absolute Gasteiger partial charge is 0.181 e. The standard InChI is InChI=1S/C16H13N5O/c1-10-15-13(21-20-10)6-7-18-16(15)19-12-4-2-11(3-5-12)14-8-17-9-22-14/h2-9H,1H3,(H,18,19)(H,20,21). The van der Waals surface area contributed by atoms with Gasteiger partial charge in [-0.1, -0.05) is 0 Å². The van der Waals surface area contributed by atoms with Crippen LogP contribution in [0.4, 0.5) is 11.5 Å². The maximum Gasteiger partial charge on any atom is 0.181 e. The zero-order valence-corrected chi connectivity index (χ0v) is 11.9. The first-order valence-electron chi connectivity index (χ1n) is 6.87. The quantitative estimate of drug-likeness (QED) is 0.602. The molecule has 108 valence electrons. The number of nitrogens with one attached hydrogen (secondary N) is 2. The number of benzene rings is 1. The summed E-state index contributed by atoms with van der Waals surface area (Å²) in [7, 11) is 0. The Bertz CT molecular complexity index is 910. The van der Waals surface area contributed by atoms with Gasteiger partial charge >= 0.3 is 0 Å². The van der Waals surface area contributed by atoms with Crippen LogP contribution in [0.1, 0.15) is 5.69 Å². The lowest BCUT2D eigenvalue weighted by Crippen LogP contribution is -1.94. The topological polar surface area (TPSA) is 79.6 Å². The Hall–Kier alpha value is -3.15. The Morgan fingerprint density at radius 2 is 2.00 bits per heavy atom. The molecule has 0 saturated heterocycles. The fourth-order valence-electron chi connectivity index (χ4n) is 2.42. The fraction of sp³-hybridized carbons (Fsp3) is 0.0625. The van der Waals surface area contributed by atoms with Gasteiger partial charge in [0.25, 0.3) is 0 Å². The second-order valence-electron chi connectivity index (χ2n) is 4.97. The summed E-state index contributed by atoms with van der Waals surface area (Å²) < 4.78 is 5.28. The number of hydrogen-bond acceptors (Lipinski definition) is 5. The van der Waals surface area contributed by atoms with E-state index in [1.165, 1.54) is 6.39 Å². The first-order chi connectivity index (χ1) is 10.8. The maximum atomic E-state index is 5.28. The number of nitrogens with zero attached hydrogens (tertiary/aromatic N) is 3. The SMILES string of the molecule is Cc1[nH]nc2ccnc(Nc3ccc(-c4cnco4)cc3)c12. The molecule has 0 amide bonds. The molecule has 0 aliphatic carbocycles. The van der Waals surface area contributed by atoms with Crippen molar-refractivity contribution in [2.45, 2.75) is 6.92 Å². The average Bonchev–Trinajstić information content (AvgIpc) is 3.19. The number of pyridine rings is 1. The third-order valence-corrected chi connectivity index (χ3v) is 3.51. The lowest BCUT2D eigenvalue weighted by Gasteiger charge is -2.07. The van der Waals surface area contributed by atoms with E-state index in [1.54, 1.807) is 12.4 Å². The predicted molar refractivity (Wildman–Crippen MR) is 83.8 cm³/mol. The van der Waals surface area contributed by atoms with Crippen LogP contribution in [0, 0.1) is 6.92 Å². The van der Waals surface area contributed by atoms with E-state index in [-0.39, 0.29) is 0 Å². The number of rotatable bonds is 3.